The lowest BCUT2D eigenvalue weighted by Crippen LogP contribution is -2.28. The summed E-state index contributed by atoms with van der Waals surface area (Å²) >= 11 is 0. The molecule has 0 saturated heterocycles. The fourth-order valence-electron chi connectivity index (χ4n) is 12.6. The maximum absolute atomic E-state index is 13.6. The summed E-state index contributed by atoms with van der Waals surface area (Å²) in [5, 5.41) is 10.3. The number of hydrogen-bond acceptors (Lipinski definition) is 22. The zero-order valence-corrected chi connectivity index (χ0v) is 63.6. The van der Waals surface area contributed by atoms with Crippen molar-refractivity contribution >= 4 is 122 Å². The Morgan fingerprint density at radius 3 is 1.32 bits per heavy atom. The maximum atomic E-state index is 13.6. The summed E-state index contributed by atoms with van der Waals surface area (Å²) in [6, 6.07) is 9.66. The number of hydrogen-bond donors (Lipinski definition) is 1. The largest absolute Gasteiger partial charge is 0.478 e. The third-order valence-corrected chi connectivity index (χ3v) is 17.3. The molecule has 1 N–H and O–H groups in total. The van der Waals surface area contributed by atoms with E-state index in [0.717, 1.165) is 145 Å². The highest BCUT2D eigenvalue weighted by molar-refractivity contribution is 7.59. The van der Waals surface area contributed by atoms with Crippen LogP contribution >= 0.6 is 0 Å². The van der Waals surface area contributed by atoms with Crippen molar-refractivity contribution in [2.24, 2.45) is 4.99 Å². The van der Waals surface area contributed by atoms with E-state index in [1.54, 1.807) is 0 Å². The number of allylic oxidation sites excluding steroid dienone is 6. The predicted molar refractivity (Wildman–Crippen MR) is 376 cm³/mol. The van der Waals surface area contributed by atoms with Crippen molar-refractivity contribution in [3.8, 4) is 0 Å². The molecule has 0 unspecified atom stereocenters. The molecule has 0 radical (unpaired) electrons. The van der Waals surface area contributed by atoms with Crippen LogP contribution in [0.2, 0.25) is 0 Å². The van der Waals surface area contributed by atoms with Gasteiger partial charge in [0.15, 0.2) is 34.6 Å². The molecule has 4 heterocycles. The monoisotopic (exact) mass is 1470 g/mol. The summed E-state index contributed by atoms with van der Waals surface area (Å²) in [6.45, 7) is 38.6. The fraction of sp³-hybridized carbons (Fsp3) is 0.536. The minimum absolute atomic E-state index is 0.0814. The molecule has 25 nitrogen and oxygen atoms in total. The number of carboxylic acids is 1. The van der Waals surface area contributed by atoms with Gasteiger partial charge in [-0.2, -0.15) is 9.15 Å². The van der Waals surface area contributed by atoms with Crippen LogP contribution in [-0.4, -0.2) is 143 Å². The molecule has 4 aliphatic rings. The molecule has 0 fully saturated rings. The van der Waals surface area contributed by atoms with E-state index in [-0.39, 0.29) is 28.5 Å². The number of Topliss-reactive ketones (excluding diaryl/α,β-unsaturated/α-hetero) is 4. The van der Waals surface area contributed by atoms with Crippen LogP contribution in [0.4, 0.5) is 22.7 Å². The molecule has 3 aromatic rings. The Morgan fingerprint density at radius 1 is 0.455 bits per heavy atom. The van der Waals surface area contributed by atoms with Crippen LogP contribution in [0, 0.1) is 0 Å². The van der Waals surface area contributed by atoms with E-state index in [4.69, 9.17) is 68.1 Å². The van der Waals surface area contributed by atoms with Gasteiger partial charge in [0.2, 0.25) is 11.4 Å². The van der Waals surface area contributed by atoms with E-state index in [0.29, 0.717) is 47.9 Å². The third kappa shape index (κ3) is 23.8. The van der Waals surface area contributed by atoms with Crippen LogP contribution in [0.1, 0.15) is 275 Å². The Labute approximate surface area is 588 Å². The molecule has 3 aromatic carbocycles. The Balaban J connectivity index is 0.000000875. The minimum Gasteiger partial charge on any atom is -0.478 e. The number of aliphatic imine (C=N–C) groups is 1. The van der Waals surface area contributed by atoms with Gasteiger partial charge in [0.05, 0.1) is 33.2 Å². The van der Waals surface area contributed by atoms with Crippen molar-refractivity contribution in [2.75, 3.05) is 24.5 Å². The molecule has 0 atom stereocenters. The highest BCUT2D eigenvalue weighted by atomic mass is 32.2. The molecular formula is C69H94N4O21S5+2. The zero-order valence-electron chi connectivity index (χ0n) is 59.5. The molecule has 99 heavy (non-hydrogen) atoms. The Hall–Kier alpha value is -8.06. The average Bonchev–Trinajstić information content (AvgIpc) is 1.56. The van der Waals surface area contributed by atoms with Crippen molar-refractivity contribution in [3.05, 3.63) is 116 Å². The second-order valence-corrected chi connectivity index (χ2v) is 27.6. The van der Waals surface area contributed by atoms with Crippen LogP contribution in [-0.2, 0) is 74.7 Å². The van der Waals surface area contributed by atoms with Crippen LogP contribution in [0.5, 0.6) is 0 Å². The molecular weight excluding hydrogens is 1380 g/mol. The van der Waals surface area contributed by atoms with Gasteiger partial charge in [0.25, 0.3) is 0 Å². The topological polar surface area (TPSA) is 383 Å². The SMILES string of the molecule is CCCCN1C(=CC=CC=CC2=[N+](CCC)c3cc(C(=O)O)c4c(c3C2(C)C)N=C(C)C4(C)C)C(C)(C)c2c(C(=O)CCC)cc(C(=O)CCC)cc21.CCCC[N+]1=C(C)C(C)(C)c2c(C(=O)CCC)cc(C(=O)CCC)cc21.O=S(=O)=O.O=S(=O)=O.O=S(=O)=O.O=S(=O)=O.O=S(=O)=O. The number of nitrogens with zero attached hydrogens (tertiary/aromatic N) is 4. The maximum Gasteiger partial charge on any atom is 0.425 e. The van der Waals surface area contributed by atoms with E-state index < -0.39 is 75.3 Å². The van der Waals surface area contributed by atoms with Gasteiger partial charge in [-0.25, -0.2) is 4.79 Å². The van der Waals surface area contributed by atoms with E-state index >= 15 is 0 Å². The number of carbonyl (C=O) groups excluding carboxylic acids is 4. The number of unbranched alkanes of at least 4 members (excludes halogenated alkanes) is 2. The normalized spacial score (nSPS) is 15.2. The van der Waals surface area contributed by atoms with Crippen molar-refractivity contribution < 1.29 is 101 Å². The van der Waals surface area contributed by atoms with Crippen LogP contribution in [0.15, 0.2) is 71.4 Å². The van der Waals surface area contributed by atoms with E-state index in [1.807, 2.05) is 65.0 Å². The highest BCUT2D eigenvalue weighted by Gasteiger charge is 2.52. The molecule has 7 rings (SSSR count). The first-order valence-corrected chi connectivity index (χ1v) is 37.4. The average molecular weight is 1480 g/mol. The molecule has 0 bridgehead atoms. The highest BCUT2D eigenvalue weighted by Crippen LogP contribution is 2.55. The second-order valence-electron chi connectivity index (χ2n) is 25.5. The summed E-state index contributed by atoms with van der Waals surface area (Å²) < 4.78 is 131. The van der Waals surface area contributed by atoms with Gasteiger partial charge >= 0.3 is 59.0 Å². The summed E-state index contributed by atoms with van der Waals surface area (Å²) in [5.41, 5.74) is 13.8. The molecule has 0 amide bonds. The smallest absolute Gasteiger partial charge is 0.425 e. The number of anilines is 1. The van der Waals surface area contributed by atoms with Crippen molar-refractivity contribution in [1.82, 2.24) is 0 Å². The predicted octanol–water partition coefficient (Wildman–Crippen LogP) is 11.9. The van der Waals surface area contributed by atoms with Gasteiger partial charge in [-0.05, 0) is 96.6 Å². The first kappa shape index (κ1) is 89.0. The van der Waals surface area contributed by atoms with Gasteiger partial charge in [-0.1, -0.05) is 107 Å². The zero-order chi connectivity index (χ0) is 76.4. The number of rotatable bonds is 24. The van der Waals surface area contributed by atoms with Gasteiger partial charge in [0, 0.05) is 126 Å². The first-order valence-electron chi connectivity index (χ1n) is 32.4. The minimum atomic E-state index is -3.11. The van der Waals surface area contributed by atoms with Gasteiger partial charge in [0.1, 0.15) is 13.1 Å². The van der Waals surface area contributed by atoms with Gasteiger partial charge in [-0.15, -0.1) is 63.1 Å². The van der Waals surface area contributed by atoms with Gasteiger partial charge in [-0.3, -0.25) is 24.2 Å². The number of ketones is 4. The van der Waals surface area contributed by atoms with Crippen LogP contribution < -0.4 is 4.90 Å². The summed E-state index contributed by atoms with van der Waals surface area (Å²) in [4.78, 5) is 72.4. The molecule has 0 saturated carbocycles. The van der Waals surface area contributed by atoms with E-state index in [2.05, 4.69) is 128 Å². The standard InChI is InChI=1S/C46H59N3O4.C23H34NO2.5O3S/c1-12-16-25-49-33-27-30(35(50)20-13-2)26-31(36(51)21-14-3)39(33)45(8,9)37(49)22-18-17-19-23-38-46(10,11)41-34(48(38)24-15-4)28-32(43(52)53)40-42(41)47-29(5)44(40,6)7;1-7-10-13-24-16(4)23(5,6)22-18(21(26)12-9-3)14-17(15-19(22)24)20(25)11-8-2;5*1-4(2)3/h17-19,22-23,26-28H,12-16,20-21,24-25H2,1-11H3;14-15H,7-13H2,1-6H3;;;;;/q;+1;;;;;/p+1. The van der Waals surface area contributed by atoms with Crippen LogP contribution in [0.3, 0.4) is 0 Å². The van der Waals surface area contributed by atoms with Crippen molar-refractivity contribution in [1.29, 1.82) is 0 Å². The summed E-state index contributed by atoms with van der Waals surface area (Å²) in [7, 11) is -15.6. The summed E-state index contributed by atoms with van der Waals surface area (Å²) in [6.07, 6.45) is 20.8. The van der Waals surface area contributed by atoms with E-state index in [9.17, 15) is 29.1 Å². The third-order valence-electron chi connectivity index (χ3n) is 17.3. The molecule has 30 heteroatoms. The Morgan fingerprint density at radius 2 is 0.889 bits per heavy atom. The van der Waals surface area contributed by atoms with E-state index in [1.165, 1.54) is 5.71 Å². The Kier molecular flexibility index (Phi) is 36.2. The quantitative estimate of drug-likeness (QED) is 0.0494. The Bertz CT molecular complexity index is 4170. The van der Waals surface area contributed by atoms with Crippen molar-refractivity contribution in [2.45, 2.75) is 223 Å². The molecule has 0 aliphatic carbocycles. The number of carbonyl (C=O) groups is 5. The summed E-state index contributed by atoms with van der Waals surface area (Å²) in [5.74, 6) is -0.450. The van der Waals surface area contributed by atoms with Gasteiger partial charge < -0.3 is 10.0 Å². The lowest BCUT2D eigenvalue weighted by atomic mass is 9.74. The number of carboxylic acid groups (broad SMARTS) is 1. The molecule has 544 valence electrons. The molecule has 4 aliphatic heterocycles. The first-order chi connectivity index (χ1) is 45.9. The molecule has 0 aromatic heterocycles. The number of fused-ring (bicyclic) bond motifs is 5. The number of aromatic carboxylic acids is 1. The van der Waals surface area contributed by atoms with Crippen molar-refractivity contribution in [3.63, 3.8) is 0 Å². The van der Waals surface area contributed by atoms with Crippen LogP contribution in [0.25, 0.3) is 0 Å². The lowest BCUT2D eigenvalue weighted by Gasteiger charge is -2.27. The lowest BCUT2D eigenvalue weighted by molar-refractivity contribution is -0.439. The fourth-order valence-corrected chi connectivity index (χ4v) is 12.6. The number of benzene rings is 3. The molecule has 0 spiro atoms. The second kappa shape index (κ2) is 40.3.